The highest BCUT2D eigenvalue weighted by Crippen LogP contribution is 2.22. The summed E-state index contributed by atoms with van der Waals surface area (Å²) in [6.07, 6.45) is 8.85. The largest absolute Gasteiger partial charge is 0.480 e. The topological polar surface area (TPSA) is 91.2 Å². The zero-order valence-electron chi connectivity index (χ0n) is 23.0. The maximum atomic E-state index is 14.3. The maximum Gasteiger partial charge on any atom is 0.326 e. The Hall–Kier alpha value is -2.61. The number of pyridine rings is 1. The highest BCUT2D eigenvalue weighted by atomic mass is 19.1. The fourth-order valence-corrected chi connectivity index (χ4v) is 4.71. The number of aliphatic carboxylic acids is 1. The minimum atomic E-state index is -0.943. The molecule has 0 fully saturated rings. The molecule has 0 amide bonds. The van der Waals surface area contributed by atoms with Crippen LogP contribution in [0.15, 0.2) is 24.5 Å². The summed E-state index contributed by atoms with van der Waals surface area (Å²) in [5, 5.41) is 12.9. The number of halogens is 1. The number of unbranched alkanes of at least 4 members (excludes halogenated alkanes) is 1. The monoisotopic (exact) mass is 513 g/mol. The standard InChI is InChI=1S/C29H44FN5O2/c1-5-22(30)19-35(16-9-8-11-23-14-13-21-10-6-7-12-24(21)33-23)17-15-25(28(36)37)34-27-18-26(29(2,3)4)31-20-32-27/h13-14,18,20,22,25H,5-12,15-17,19H2,1-4H3,(H,36,37)(H,31,32,34)/t22-,25+/m1/s1. The van der Waals surface area contributed by atoms with Gasteiger partial charge in [0.15, 0.2) is 0 Å². The van der Waals surface area contributed by atoms with E-state index in [4.69, 9.17) is 4.98 Å². The molecule has 2 aromatic heterocycles. The lowest BCUT2D eigenvalue weighted by atomic mass is 9.92. The quantitative estimate of drug-likeness (QED) is 0.328. The number of hydrogen-bond donors (Lipinski definition) is 2. The first-order valence-corrected chi connectivity index (χ1v) is 13.8. The Bertz CT molecular complexity index is 1010. The molecule has 0 radical (unpaired) electrons. The Balaban J connectivity index is 1.53. The van der Waals surface area contributed by atoms with Crippen LogP contribution in [-0.2, 0) is 29.5 Å². The number of anilines is 1. The molecule has 2 heterocycles. The van der Waals surface area contributed by atoms with Gasteiger partial charge in [0.25, 0.3) is 0 Å². The van der Waals surface area contributed by atoms with E-state index in [2.05, 4.69) is 53.1 Å². The molecule has 0 aromatic carbocycles. The Morgan fingerprint density at radius 3 is 2.68 bits per heavy atom. The van der Waals surface area contributed by atoms with Crippen molar-refractivity contribution in [2.75, 3.05) is 25.0 Å². The molecule has 2 aromatic rings. The van der Waals surface area contributed by atoms with Crippen molar-refractivity contribution in [3.05, 3.63) is 47.2 Å². The second-order valence-electron chi connectivity index (χ2n) is 11.2. The summed E-state index contributed by atoms with van der Waals surface area (Å²) >= 11 is 0. The van der Waals surface area contributed by atoms with E-state index in [1.807, 2.05) is 6.92 Å². The SMILES string of the molecule is CC[C@@H](F)CN(CCCCc1ccc2c(n1)CCCC2)CC[C@H](Nc1cc(C(C)(C)C)ncn1)C(=O)O. The van der Waals surface area contributed by atoms with Crippen LogP contribution < -0.4 is 5.32 Å². The summed E-state index contributed by atoms with van der Waals surface area (Å²) in [5.74, 6) is -0.449. The molecule has 0 aliphatic heterocycles. The number of hydrogen-bond acceptors (Lipinski definition) is 6. The number of carbonyl (C=O) groups is 1. The van der Waals surface area contributed by atoms with Crippen molar-refractivity contribution < 1.29 is 14.3 Å². The highest BCUT2D eigenvalue weighted by Gasteiger charge is 2.22. The van der Waals surface area contributed by atoms with Crippen LogP contribution in [0, 0.1) is 0 Å². The molecule has 3 rings (SSSR count). The van der Waals surface area contributed by atoms with Gasteiger partial charge < -0.3 is 15.3 Å². The van der Waals surface area contributed by atoms with E-state index in [0.717, 1.165) is 50.0 Å². The van der Waals surface area contributed by atoms with Gasteiger partial charge in [-0.1, -0.05) is 33.8 Å². The minimum Gasteiger partial charge on any atom is -0.480 e. The van der Waals surface area contributed by atoms with Gasteiger partial charge in [0, 0.05) is 36.0 Å². The first-order chi connectivity index (χ1) is 17.7. The number of carboxylic acids is 1. The summed E-state index contributed by atoms with van der Waals surface area (Å²) < 4.78 is 14.3. The average Bonchev–Trinajstić information content (AvgIpc) is 2.88. The molecule has 37 heavy (non-hydrogen) atoms. The smallest absolute Gasteiger partial charge is 0.326 e. The van der Waals surface area contributed by atoms with Gasteiger partial charge >= 0.3 is 5.97 Å². The Labute approximate surface area is 221 Å². The normalized spacial score (nSPS) is 15.3. The number of carboxylic acid groups (broad SMARTS) is 1. The molecule has 0 saturated carbocycles. The number of alkyl halides is 1. The Morgan fingerprint density at radius 2 is 1.95 bits per heavy atom. The van der Waals surface area contributed by atoms with Gasteiger partial charge in [-0.2, -0.15) is 0 Å². The summed E-state index contributed by atoms with van der Waals surface area (Å²) in [5.41, 5.74) is 4.47. The van der Waals surface area contributed by atoms with E-state index >= 15 is 0 Å². The van der Waals surface area contributed by atoms with Gasteiger partial charge in [-0.15, -0.1) is 0 Å². The van der Waals surface area contributed by atoms with Crippen molar-refractivity contribution in [1.82, 2.24) is 19.9 Å². The van der Waals surface area contributed by atoms with Crippen LogP contribution in [0.1, 0.15) is 88.9 Å². The lowest BCUT2D eigenvalue weighted by Gasteiger charge is -2.26. The number of aryl methyl sites for hydroxylation is 3. The fraction of sp³-hybridized carbons (Fsp3) is 0.655. The van der Waals surface area contributed by atoms with Gasteiger partial charge in [0.2, 0.25) is 0 Å². The molecular weight excluding hydrogens is 469 g/mol. The molecule has 0 spiro atoms. The molecule has 7 nitrogen and oxygen atoms in total. The van der Waals surface area contributed by atoms with Crippen LogP contribution in [0.5, 0.6) is 0 Å². The van der Waals surface area contributed by atoms with E-state index in [9.17, 15) is 14.3 Å². The molecule has 2 atom stereocenters. The predicted molar refractivity (Wildman–Crippen MR) is 146 cm³/mol. The zero-order valence-corrected chi connectivity index (χ0v) is 23.0. The van der Waals surface area contributed by atoms with Crippen LogP contribution in [0.3, 0.4) is 0 Å². The van der Waals surface area contributed by atoms with Crippen molar-refractivity contribution in [3.8, 4) is 0 Å². The lowest BCUT2D eigenvalue weighted by Crippen LogP contribution is -2.38. The number of rotatable bonds is 14. The van der Waals surface area contributed by atoms with Crippen LogP contribution in [-0.4, -0.2) is 62.8 Å². The third-order valence-electron chi connectivity index (χ3n) is 7.08. The van der Waals surface area contributed by atoms with Crippen LogP contribution in [0.25, 0.3) is 0 Å². The summed E-state index contributed by atoms with van der Waals surface area (Å²) in [6, 6.07) is 5.37. The van der Waals surface area contributed by atoms with Crippen molar-refractivity contribution in [3.63, 3.8) is 0 Å². The minimum absolute atomic E-state index is 0.167. The summed E-state index contributed by atoms with van der Waals surface area (Å²) in [7, 11) is 0. The average molecular weight is 514 g/mol. The number of nitrogens with zero attached hydrogens (tertiary/aromatic N) is 4. The second-order valence-corrected chi connectivity index (χ2v) is 11.2. The molecule has 204 valence electrons. The van der Waals surface area contributed by atoms with E-state index in [-0.39, 0.29) is 5.41 Å². The lowest BCUT2D eigenvalue weighted by molar-refractivity contribution is -0.138. The first kappa shape index (κ1) is 29.0. The van der Waals surface area contributed by atoms with Crippen molar-refractivity contribution in [2.24, 2.45) is 0 Å². The summed E-state index contributed by atoms with van der Waals surface area (Å²) in [6.45, 7) is 9.55. The van der Waals surface area contributed by atoms with E-state index in [1.54, 1.807) is 6.07 Å². The molecule has 1 aliphatic rings. The predicted octanol–water partition coefficient (Wildman–Crippen LogP) is 5.38. The third-order valence-corrected chi connectivity index (χ3v) is 7.08. The van der Waals surface area contributed by atoms with Crippen LogP contribution >= 0.6 is 0 Å². The molecule has 8 heteroatoms. The van der Waals surface area contributed by atoms with Crippen molar-refractivity contribution >= 4 is 11.8 Å². The first-order valence-electron chi connectivity index (χ1n) is 13.8. The Morgan fingerprint density at radius 1 is 1.16 bits per heavy atom. The van der Waals surface area contributed by atoms with Crippen LogP contribution in [0.2, 0.25) is 0 Å². The number of nitrogens with one attached hydrogen (secondary N) is 1. The molecule has 0 saturated heterocycles. The van der Waals surface area contributed by atoms with Gasteiger partial charge in [0.1, 0.15) is 24.4 Å². The molecular formula is C29H44FN5O2. The van der Waals surface area contributed by atoms with E-state index in [0.29, 0.717) is 31.7 Å². The molecule has 0 unspecified atom stereocenters. The second kappa shape index (κ2) is 13.8. The summed E-state index contributed by atoms with van der Waals surface area (Å²) in [4.78, 5) is 27.5. The van der Waals surface area contributed by atoms with Gasteiger partial charge in [-0.25, -0.2) is 19.2 Å². The molecule has 2 N–H and O–H groups in total. The van der Waals surface area contributed by atoms with Crippen molar-refractivity contribution in [2.45, 2.75) is 103 Å². The van der Waals surface area contributed by atoms with Gasteiger partial charge in [-0.3, -0.25) is 4.98 Å². The van der Waals surface area contributed by atoms with E-state index in [1.165, 1.54) is 30.4 Å². The van der Waals surface area contributed by atoms with Gasteiger partial charge in [-0.05, 0) is 76.0 Å². The Kier molecular flexibility index (Phi) is 10.8. The molecule has 0 bridgehead atoms. The zero-order chi connectivity index (χ0) is 26.8. The van der Waals surface area contributed by atoms with Crippen LogP contribution in [0.4, 0.5) is 10.2 Å². The molecule has 1 aliphatic carbocycles. The number of fused-ring (bicyclic) bond motifs is 1. The third kappa shape index (κ3) is 9.33. The van der Waals surface area contributed by atoms with E-state index < -0.39 is 18.2 Å². The fourth-order valence-electron chi connectivity index (χ4n) is 4.71. The highest BCUT2D eigenvalue weighted by molar-refractivity contribution is 5.76. The van der Waals surface area contributed by atoms with Crippen molar-refractivity contribution in [1.29, 1.82) is 0 Å². The maximum absolute atomic E-state index is 14.3. The number of aromatic nitrogens is 3. The van der Waals surface area contributed by atoms with Gasteiger partial charge in [0.05, 0.1) is 5.69 Å².